The Kier molecular flexibility index (Phi) is 4.97. The Morgan fingerprint density at radius 2 is 2.11 bits per heavy atom. The number of hydrogen-bond acceptors (Lipinski definition) is 2. The number of carbonyl (C=O) groups excluding carboxylic acids is 1. The third-order valence-electron chi connectivity index (χ3n) is 3.61. The van der Waals surface area contributed by atoms with Crippen LogP contribution in [0.5, 0.6) is 0 Å². The van der Waals surface area contributed by atoms with Crippen molar-refractivity contribution in [2.45, 2.75) is 51.6 Å². The predicted molar refractivity (Wildman–Crippen MR) is 78.0 cm³/mol. The smallest absolute Gasteiger partial charge is 0.236 e. The first-order valence-corrected chi connectivity index (χ1v) is 7.31. The molecule has 2 N–H and O–H groups in total. The third-order valence-corrected chi connectivity index (χ3v) is 3.61. The zero-order valence-corrected chi connectivity index (χ0v) is 11.9. The molecule has 104 valence electrons. The van der Waals surface area contributed by atoms with E-state index < -0.39 is 0 Å². The van der Waals surface area contributed by atoms with Crippen LogP contribution in [0.1, 0.15) is 50.2 Å². The van der Waals surface area contributed by atoms with E-state index in [1.807, 2.05) is 6.92 Å². The zero-order valence-electron chi connectivity index (χ0n) is 11.9. The fraction of sp³-hybridized carbons (Fsp3) is 0.562. The predicted octanol–water partition coefficient (Wildman–Crippen LogP) is 2.57. The molecular formula is C16H24N2O. The van der Waals surface area contributed by atoms with Crippen LogP contribution in [-0.2, 0) is 11.3 Å². The highest BCUT2D eigenvalue weighted by molar-refractivity contribution is 5.81. The molecule has 0 saturated heterocycles. The summed E-state index contributed by atoms with van der Waals surface area (Å²) in [6.45, 7) is 5.51. The maximum Gasteiger partial charge on any atom is 0.236 e. The van der Waals surface area contributed by atoms with Crippen LogP contribution in [0, 0.1) is 0 Å². The summed E-state index contributed by atoms with van der Waals surface area (Å²) in [6, 6.07) is 8.42. The summed E-state index contributed by atoms with van der Waals surface area (Å²) in [4.78, 5) is 11.8. The molecule has 1 atom stereocenters. The molecule has 1 amide bonds. The average Bonchev–Trinajstić information content (AvgIpc) is 3.27. The molecule has 19 heavy (non-hydrogen) atoms. The molecule has 0 bridgehead atoms. The monoisotopic (exact) mass is 260 g/mol. The lowest BCUT2D eigenvalue weighted by Crippen LogP contribution is -2.42. The van der Waals surface area contributed by atoms with Gasteiger partial charge in [-0.2, -0.15) is 0 Å². The molecule has 0 spiro atoms. The van der Waals surface area contributed by atoms with Gasteiger partial charge in [-0.1, -0.05) is 31.2 Å². The maximum atomic E-state index is 11.8. The van der Waals surface area contributed by atoms with Gasteiger partial charge < -0.3 is 10.6 Å². The van der Waals surface area contributed by atoms with E-state index in [4.69, 9.17) is 0 Å². The molecule has 1 aliphatic rings. The van der Waals surface area contributed by atoms with Crippen molar-refractivity contribution in [1.82, 2.24) is 10.6 Å². The molecule has 1 saturated carbocycles. The Morgan fingerprint density at radius 3 is 2.79 bits per heavy atom. The Labute approximate surface area is 115 Å². The second-order valence-corrected chi connectivity index (χ2v) is 5.37. The van der Waals surface area contributed by atoms with E-state index in [0.717, 1.165) is 25.4 Å². The first-order valence-electron chi connectivity index (χ1n) is 7.31. The number of carbonyl (C=O) groups is 1. The molecule has 1 fully saturated rings. The van der Waals surface area contributed by atoms with Crippen LogP contribution in [0.15, 0.2) is 24.3 Å². The van der Waals surface area contributed by atoms with Crippen molar-refractivity contribution in [2.24, 2.45) is 0 Å². The second kappa shape index (κ2) is 6.71. The summed E-state index contributed by atoms with van der Waals surface area (Å²) >= 11 is 0. The first-order chi connectivity index (χ1) is 9.22. The van der Waals surface area contributed by atoms with Crippen LogP contribution in [0.25, 0.3) is 0 Å². The summed E-state index contributed by atoms with van der Waals surface area (Å²) in [7, 11) is 0. The molecule has 1 unspecified atom stereocenters. The standard InChI is InChI=1S/C16H24N2O/c1-3-10-17-16(19)12(2)18-11-14-6-4-5-7-15(14)13-8-9-13/h4-7,12-13,18H,3,8-11H2,1-2H3,(H,17,19). The second-order valence-electron chi connectivity index (χ2n) is 5.37. The van der Waals surface area contributed by atoms with Crippen LogP contribution in [-0.4, -0.2) is 18.5 Å². The van der Waals surface area contributed by atoms with Gasteiger partial charge in [0.25, 0.3) is 0 Å². The topological polar surface area (TPSA) is 41.1 Å². The van der Waals surface area contributed by atoms with Gasteiger partial charge in [0, 0.05) is 13.1 Å². The van der Waals surface area contributed by atoms with E-state index in [1.165, 1.54) is 24.0 Å². The van der Waals surface area contributed by atoms with Gasteiger partial charge in [0.2, 0.25) is 5.91 Å². The van der Waals surface area contributed by atoms with E-state index in [2.05, 4.69) is 41.8 Å². The van der Waals surface area contributed by atoms with Crippen molar-refractivity contribution in [1.29, 1.82) is 0 Å². The molecule has 2 rings (SSSR count). The van der Waals surface area contributed by atoms with Crippen molar-refractivity contribution in [3.05, 3.63) is 35.4 Å². The van der Waals surface area contributed by atoms with E-state index in [-0.39, 0.29) is 11.9 Å². The molecule has 1 aliphatic carbocycles. The number of rotatable bonds is 7. The lowest BCUT2D eigenvalue weighted by Gasteiger charge is -2.15. The fourth-order valence-electron chi connectivity index (χ4n) is 2.24. The number of hydrogen-bond donors (Lipinski definition) is 2. The van der Waals surface area contributed by atoms with Crippen LogP contribution >= 0.6 is 0 Å². The minimum Gasteiger partial charge on any atom is -0.355 e. The molecule has 0 aromatic heterocycles. The largest absolute Gasteiger partial charge is 0.355 e. The summed E-state index contributed by atoms with van der Waals surface area (Å²) in [5, 5.41) is 6.24. The maximum absolute atomic E-state index is 11.8. The molecule has 0 aliphatic heterocycles. The van der Waals surface area contributed by atoms with Gasteiger partial charge in [0.15, 0.2) is 0 Å². The highest BCUT2D eigenvalue weighted by Gasteiger charge is 2.25. The van der Waals surface area contributed by atoms with Gasteiger partial charge in [-0.05, 0) is 43.2 Å². The van der Waals surface area contributed by atoms with Crippen LogP contribution < -0.4 is 10.6 Å². The summed E-state index contributed by atoms with van der Waals surface area (Å²) < 4.78 is 0. The lowest BCUT2D eigenvalue weighted by molar-refractivity contribution is -0.122. The van der Waals surface area contributed by atoms with E-state index in [0.29, 0.717) is 0 Å². The molecular weight excluding hydrogens is 236 g/mol. The highest BCUT2D eigenvalue weighted by atomic mass is 16.2. The van der Waals surface area contributed by atoms with Gasteiger partial charge >= 0.3 is 0 Å². The minimum absolute atomic E-state index is 0.0887. The Balaban J connectivity index is 1.86. The summed E-state index contributed by atoms with van der Waals surface area (Å²) in [5.74, 6) is 0.841. The quantitative estimate of drug-likeness (QED) is 0.791. The van der Waals surface area contributed by atoms with Gasteiger partial charge in [-0.25, -0.2) is 0 Å². The molecule has 1 aromatic rings. The van der Waals surface area contributed by atoms with Crippen molar-refractivity contribution in [3.63, 3.8) is 0 Å². The lowest BCUT2D eigenvalue weighted by atomic mass is 10.0. The van der Waals surface area contributed by atoms with Crippen LogP contribution in [0.3, 0.4) is 0 Å². The van der Waals surface area contributed by atoms with Gasteiger partial charge in [0.1, 0.15) is 0 Å². The van der Waals surface area contributed by atoms with Crippen molar-refractivity contribution in [2.75, 3.05) is 6.54 Å². The van der Waals surface area contributed by atoms with Gasteiger partial charge in [-0.3, -0.25) is 4.79 Å². The number of amides is 1. The van der Waals surface area contributed by atoms with Crippen LogP contribution in [0.2, 0.25) is 0 Å². The van der Waals surface area contributed by atoms with E-state index in [9.17, 15) is 4.79 Å². The number of benzene rings is 1. The molecule has 3 heteroatoms. The minimum atomic E-state index is -0.140. The first kappa shape index (κ1) is 14.1. The fourth-order valence-corrected chi connectivity index (χ4v) is 2.24. The third kappa shape index (κ3) is 4.06. The van der Waals surface area contributed by atoms with Gasteiger partial charge in [0.05, 0.1) is 6.04 Å². The van der Waals surface area contributed by atoms with Gasteiger partial charge in [-0.15, -0.1) is 0 Å². The summed E-state index contributed by atoms with van der Waals surface area (Å²) in [6.07, 6.45) is 3.59. The normalized spacial score (nSPS) is 16.1. The Bertz CT molecular complexity index is 427. The van der Waals surface area contributed by atoms with E-state index >= 15 is 0 Å². The molecule has 3 nitrogen and oxygen atoms in total. The zero-order chi connectivity index (χ0) is 13.7. The van der Waals surface area contributed by atoms with Crippen molar-refractivity contribution in [3.8, 4) is 0 Å². The molecule has 1 aromatic carbocycles. The van der Waals surface area contributed by atoms with Crippen molar-refractivity contribution >= 4 is 5.91 Å². The summed E-state index contributed by atoms with van der Waals surface area (Å²) in [5.41, 5.74) is 2.79. The SMILES string of the molecule is CCCNC(=O)C(C)NCc1ccccc1C1CC1. The Morgan fingerprint density at radius 1 is 1.37 bits per heavy atom. The highest BCUT2D eigenvalue weighted by Crippen LogP contribution is 2.41. The van der Waals surface area contributed by atoms with E-state index in [1.54, 1.807) is 0 Å². The van der Waals surface area contributed by atoms with Crippen LogP contribution in [0.4, 0.5) is 0 Å². The molecule has 0 heterocycles. The Hall–Kier alpha value is -1.35. The van der Waals surface area contributed by atoms with Crippen molar-refractivity contribution < 1.29 is 4.79 Å². The number of nitrogens with one attached hydrogen (secondary N) is 2. The average molecular weight is 260 g/mol. The molecule has 0 radical (unpaired) electrons.